The van der Waals surface area contributed by atoms with E-state index in [4.69, 9.17) is 0 Å². The van der Waals surface area contributed by atoms with Gasteiger partial charge in [0, 0.05) is 15.1 Å². The van der Waals surface area contributed by atoms with Crippen molar-refractivity contribution in [2.24, 2.45) is 0 Å². The standard InChI is InChI=1S/C3H7O2.Al.H2/c1-5-3-2-4;;/h2-3H2,1H3;;1H/q-1;+1;. The molecule has 0 saturated carbocycles. The van der Waals surface area contributed by atoms with E-state index >= 15 is 0 Å². The molecule has 0 saturated heterocycles. The van der Waals surface area contributed by atoms with Gasteiger partial charge in [0.1, 0.15) is 0 Å². The first kappa shape index (κ1) is 6.45. The minimum atomic E-state index is 0. The lowest BCUT2D eigenvalue weighted by molar-refractivity contribution is 0.152. The van der Waals surface area contributed by atoms with Crippen LogP contribution in [0.5, 0.6) is 0 Å². The van der Waals surface area contributed by atoms with Gasteiger partial charge in [0.2, 0.25) is 0 Å². The molecule has 0 aromatic heterocycles. The Morgan fingerprint density at radius 3 is 2.50 bits per heavy atom. The number of ether oxygens (including phenoxy) is 1. The summed E-state index contributed by atoms with van der Waals surface area (Å²) in [7, 11) is 1.64. The average Bonchev–Trinajstić information content (AvgIpc) is 1.61. The first-order valence-corrected chi connectivity index (χ1v) is 2.19. The van der Waals surface area contributed by atoms with Gasteiger partial charge in [-0.1, -0.05) is 0 Å². The quantitative estimate of drug-likeness (QED) is 0.370. The highest BCUT2D eigenvalue weighted by Crippen LogP contribution is 1.64. The summed E-state index contributed by atoms with van der Waals surface area (Å²) < 4.78 is 9.22. The predicted molar refractivity (Wildman–Crippen MR) is 25.7 cm³/mol. The lowest BCUT2D eigenvalue weighted by Crippen LogP contribution is -1.97. The molecular formula is C3H9AlO2. The minimum Gasteiger partial charge on any atom is -0.514 e. The largest absolute Gasteiger partial charge is 0.514 e. The second-order valence-corrected chi connectivity index (χ2v) is 1.20. The van der Waals surface area contributed by atoms with Crippen LogP contribution >= 0.6 is 0 Å². The smallest absolute Gasteiger partial charge is 0.369 e. The van der Waals surface area contributed by atoms with Crippen LogP contribution in [-0.2, 0) is 8.53 Å². The molecule has 2 nitrogen and oxygen atoms in total. The van der Waals surface area contributed by atoms with Crippen LogP contribution in [0.3, 0.4) is 0 Å². The van der Waals surface area contributed by atoms with Crippen LogP contribution in [0.15, 0.2) is 0 Å². The van der Waals surface area contributed by atoms with Gasteiger partial charge in [0.15, 0.2) is 0 Å². The fraction of sp³-hybridized carbons (Fsp3) is 1.00. The van der Waals surface area contributed by atoms with E-state index in [1.165, 1.54) is 0 Å². The van der Waals surface area contributed by atoms with E-state index in [2.05, 4.69) is 25.1 Å². The number of methoxy groups -OCH3 is 1. The van der Waals surface area contributed by atoms with Gasteiger partial charge in [-0.3, -0.25) is 0 Å². The first-order chi connectivity index (χ1) is 2.91. The molecule has 0 aromatic rings. The second kappa shape index (κ2) is 5.45. The van der Waals surface area contributed by atoms with E-state index in [0.717, 1.165) is 0 Å². The van der Waals surface area contributed by atoms with E-state index in [9.17, 15) is 0 Å². The van der Waals surface area contributed by atoms with Gasteiger partial charge in [-0.25, -0.2) is 0 Å². The van der Waals surface area contributed by atoms with Gasteiger partial charge in [0.25, 0.3) is 0 Å². The zero-order chi connectivity index (χ0) is 4.83. The van der Waals surface area contributed by atoms with Gasteiger partial charge in [-0.2, -0.15) is 0 Å². The Hall–Kier alpha value is 0.452. The molecule has 0 aliphatic carbocycles. The molecule has 0 fully saturated rings. The van der Waals surface area contributed by atoms with Crippen LogP contribution in [0.2, 0.25) is 0 Å². The van der Waals surface area contributed by atoms with Crippen molar-refractivity contribution in [2.75, 3.05) is 20.3 Å². The van der Waals surface area contributed by atoms with E-state index < -0.39 is 0 Å². The highest BCUT2D eigenvalue weighted by atomic mass is 27.1. The van der Waals surface area contributed by atoms with Crippen molar-refractivity contribution in [3.63, 3.8) is 0 Å². The van der Waals surface area contributed by atoms with Gasteiger partial charge in [0.05, 0.1) is 6.61 Å². The summed E-state index contributed by atoms with van der Waals surface area (Å²) in [5.74, 6) is 0. The molecule has 6 heavy (non-hydrogen) atoms. The average molecular weight is 104 g/mol. The summed E-state index contributed by atoms with van der Waals surface area (Å²) in [6.45, 7) is 1.32. The lowest BCUT2D eigenvalue weighted by atomic mass is 10.8. The van der Waals surface area contributed by atoms with E-state index in [0.29, 0.717) is 13.2 Å². The Labute approximate surface area is 47.7 Å². The maximum absolute atomic E-state index is 4.64. The fourth-order valence-electron chi connectivity index (χ4n) is 0.131. The Bertz CT molecular complexity index is 24.9. The third-order valence-corrected chi connectivity index (χ3v) is 0.641. The molecule has 36 valence electrons. The highest BCUT2D eigenvalue weighted by Gasteiger charge is 1.72. The number of hydrogen-bond donors (Lipinski definition) is 0. The fourth-order valence-corrected chi connectivity index (χ4v) is 0.228. The molecule has 0 bridgehead atoms. The molecule has 2 radical (unpaired) electrons. The highest BCUT2D eigenvalue weighted by molar-refractivity contribution is 5.97. The molecule has 0 atom stereocenters. The molecular weight excluding hydrogens is 95.0 g/mol. The number of rotatable bonds is 3. The third-order valence-electron chi connectivity index (χ3n) is 0.405. The van der Waals surface area contributed by atoms with Crippen molar-refractivity contribution >= 4 is 16.6 Å². The summed E-state index contributed by atoms with van der Waals surface area (Å²) in [6.07, 6.45) is 0. The van der Waals surface area contributed by atoms with Crippen molar-refractivity contribution in [1.82, 2.24) is 0 Å². The van der Waals surface area contributed by atoms with Crippen molar-refractivity contribution in [3.8, 4) is 0 Å². The van der Waals surface area contributed by atoms with Gasteiger partial charge in [-0.15, -0.1) is 0 Å². The third kappa shape index (κ3) is 4.45. The summed E-state index contributed by atoms with van der Waals surface area (Å²) >= 11 is 2.15. The van der Waals surface area contributed by atoms with Crippen LogP contribution in [0.4, 0.5) is 0 Å². The zero-order valence-corrected chi connectivity index (χ0v) is 4.96. The maximum atomic E-state index is 4.64. The van der Waals surface area contributed by atoms with Crippen molar-refractivity contribution in [3.05, 3.63) is 0 Å². The molecule has 0 aliphatic rings. The molecule has 0 unspecified atom stereocenters. The van der Waals surface area contributed by atoms with Crippen molar-refractivity contribution in [1.29, 1.82) is 0 Å². The molecule has 0 rings (SSSR count). The SMILES string of the molecule is COCC[O][Al].[HH]. The Balaban J connectivity index is 0. The molecule has 0 N–H and O–H groups in total. The Kier molecular flexibility index (Phi) is 5.86. The van der Waals surface area contributed by atoms with Crippen LogP contribution in [0.25, 0.3) is 0 Å². The van der Waals surface area contributed by atoms with Crippen molar-refractivity contribution < 1.29 is 9.95 Å². The Morgan fingerprint density at radius 2 is 2.33 bits per heavy atom. The molecule has 0 spiro atoms. The van der Waals surface area contributed by atoms with Gasteiger partial charge in [-0.05, 0) is 0 Å². The normalized spacial score (nSPS) is 8.83. The minimum absolute atomic E-state index is 0. The maximum Gasteiger partial charge on any atom is 0.369 e. The molecule has 3 heteroatoms. The Morgan fingerprint density at radius 1 is 1.67 bits per heavy atom. The second-order valence-electron chi connectivity index (χ2n) is 0.864. The van der Waals surface area contributed by atoms with E-state index in [-0.39, 0.29) is 1.43 Å². The topological polar surface area (TPSA) is 18.5 Å². The molecule has 0 aliphatic heterocycles. The van der Waals surface area contributed by atoms with Gasteiger partial charge < -0.3 is 8.53 Å². The van der Waals surface area contributed by atoms with Crippen LogP contribution < -0.4 is 0 Å². The van der Waals surface area contributed by atoms with Crippen LogP contribution in [-0.4, -0.2) is 36.9 Å². The summed E-state index contributed by atoms with van der Waals surface area (Å²) in [5.41, 5.74) is 0. The molecule has 0 aromatic carbocycles. The summed E-state index contributed by atoms with van der Waals surface area (Å²) in [4.78, 5) is 0. The zero-order valence-electron chi connectivity index (χ0n) is 3.81. The van der Waals surface area contributed by atoms with Crippen LogP contribution in [0, 0.1) is 0 Å². The summed E-state index contributed by atoms with van der Waals surface area (Å²) in [5, 5.41) is 0. The van der Waals surface area contributed by atoms with Gasteiger partial charge >= 0.3 is 16.6 Å². The first-order valence-electron chi connectivity index (χ1n) is 1.72. The molecule has 0 amide bonds. The summed E-state index contributed by atoms with van der Waals surface area (Å²) in [6, 6.07) is 0. The van der Waals surface area contributed by atoms with E-state index in [1.807, 2.05) is 0 Å². The molecule has 0 heterocycles. The lowest BCUT2D eigenvalue weighted by Gasteiger charge is -1.93. The van der Waals surface area contributed by atoms with Crippen LogP contribution in [0.1, 0.15) is 1.43 Å². The monoisotopic (exact) mass is 104 g/mol. The predicted octanol–water partition coefficient (Wildman–Crippen LogP) is -0.0211. The number of hydrogen-bond acceptors (Lipinski definition) is 2. The van der Waals surface area contributed by atoms with Crippen molar-refractivity contribution in [2.45, 2.75) is 0 Å². The van der Waals surface area contributed by atoms with E-state index in [1.54, 1.807) is 7.11 Å².